The van der Waals surface area contributed by atoms with Gasteiger partial charge in [-0.3, -0.25) is 9.59 Å². The standard InChI is InChI=1S/C16H26N4O4/c1-2-14(22)20-8-10(6-12(20)9-21)17-15(23)13-7-11-4-3-5-19(11)16(24)18-13/h10-13,21H,2-9H2,1H3,(H,17,23)(H,18,24)/t10-,11-,12-,13-/m0/s1. The van der Waals surface area contributed by atoms with Gasteiger partial charge in [0.1, 0.15) is 6.04 Å². The first-order valence-corrected chi connectivity index (χ1v) is 8.81. The summed E-state index contributed by atoms with van der Waals surface area (Å²) in [5, 5.41) is 15.2. The van der Waals surface area contributed by atoms with Crippen molar-refractivity contribution in [1.82, 2.24) is 20.4 Å². The highest BCUT2D eigenvalue weighted by molar-refractivity contribution is 5.88. The fourth-order valence-corrected chi connectivity index (χ4v) is 4.09. The van der Waals surface area contributed by atoms with Crippen LogP contribution in [-0.2, 0) is 9.59 Å². The van der Waals surface area contributed by atoms with Crippen molar-refractivity contribution in [1.29, 1.82) is 0 Å². The second-order valence-corrected chi connectivity index (χ2v) is 6.90. The highest BCUT2D eigenvalue weighted by Gasteiger charge is 2.41. The van der Waals surface area contributed by atoms with Gasteiger partial charge in [-0.2, -0.15) is 0 Å². The lowest BCUT2D eigenvalue weighted by molar-refractivity contribution is -0.132. The summed E-state index contributed by atoms with van der Waals surface area (Å²) in [6, 6.07) is -0.939. The molecule has 0 saturated carbocycles. The van der Waals surface area contributed by atoms with E-state index in [-0.39, 0.29) is 42.6 Å². The average molecular weight is 338 g/mol. The number of nitrogens with zero attached hydrogens (tertiary/aromatic N) is 2. The fourth-order valence-electron chi connectivity index (χ4n) is 4.09. The maximum Gasteiger partial charge on any atom is 0.318 e. The van der Waals surface area contributed by atoms with E-state index in [1.807, 2.05) is 4.90 Å². The van der Waals surface area contributed by atoms with Gasteiger partial charge in [-0.1, -0.05) is 6.92 Å². The van der Waals surface area contributed by atoms with Gasteiger partial charge in [-0.05, 0) is 25.7 Å². The van der Waals surface area contributed by atoms with Crippen LogP contribution in [0.5, 0.6) is 0 Å². The average Bonchev–Trinajstić information content (AvgIpc) is 3.20. The number of urea groups is 1. The Hall–Kier alpha value is -1.83. The Bertz CT molecular complexity index is 526. The third-order valence-electron chi connectivity index (χ3n) is 5.35. The summed E-state index contributed by atoms with van der Waals surface area (Å²) in [6.45, 7) is 2.86. The van der Waals surface area contributed by atoms with Crippen LogP contribution in [0, 0.1) is 0 Å². The van der Waals surface area contributed by atoms with Crippen molar-refractivity contribution in [2.45, 2.75) is 63.2 Å². The van der Waals surface area contributed by atoms with Crippen molar-refractivity contribution in [3.8, 4) is 0 Å². The number of hydrogen-bond acceptors (Lipinski definition) is 4. The molecule has 3 aliphatic heterocycles. The van der Waals surface area contributed by atoms with Gasteiger partial charge in [0.2, 0.25) is 11.8 Å². The van der Waals surface area contributed by atoms with Crippen LogP contribution in [0.1, 0.15) is 39.0 Å². The molecule has 3 N–H and O–H groups in total. The monoisotopic (exact) mass is 338 g/mol. The zero-order valence-electron chi connectivity index (χ0n) is 14.0. The Morgan fingerprint density at radius 2 is 2.17 bits per heavy atom. The van der Waals surface area contributed by atoms with Gasteiger partial charge in [0.05, 0.1) is 12.6 Å². The molecule has 0 unspecified atom stereocenters. The van der Waals surface area contributed by atoms with Gasteiger partial charge < -0.3 is 25.5 Å². The minimum Gasteiger partial charge on any atom is -0.394 e. The van der Waals surface area contributed by atoms with Crippen molar-refractivity contribution in [2.75, 3.05) is 19.7 Å². The third kappa shape index (κ3) is 3.19. The Morgan fingerprint density at radius 1 is 1.38 bits per heavy atom. The second kappa shape index (κ2) is 6.96. The normalized spacial score (nSPS) is 32.5. The predicted octanol–water partition coefficient (Wildman–Crippen LogP) is -0.579. The van der Waals surface area contributed by atoms with E-state index in [4.69, 9.17) is 0 Å². The lowest BCUT2D eigenvalue weighted by Gasteiger charge is -2.35. The van der Waals surface area contributed by atoms with Gasteiger partial charge in [-0.25, -0.2) is 4.79 Å². The van der Waals surface area contributed by atoms with E-state index in [9.17, 15) is 19.5 Å². The minimum atomic E-state index is -0.514. The number of carbonyl (C=O) groups excluding carboxylic acids is 3. The van der Waals surface area contributed by atoms with E-state index in [0.29, 0.717) is 25.8 Å². The maximum absolute atomic E-state index is 12.5. The highest BCUT2D eigenvalue weighted by Crippen LogP contribution is 2.25. The molecule has 3 rings (SSSR count). The lowest BCUT2D eigenvalue weighted by Crippen LogP contribution is -2.60. The van der Waals surface area contributed by atoms with E-state index in [1.165, 1.54) is 0 Å². The number of hydrogen-bond donors (Lipinski definition) is 3. The first kappa shape index (κ1) is 17.0. The van der Waals surface area contributed by atoms with Gasteiger partial charge >= 0.3 is 6.03 Å². The molecule has 3 fully saturated rings. The first-order valence-electron chi connectivity index (χ1n) is 8.81. The maximum atomic E-state index is 12.5. The smallest absolute Gasteiger partial charge is 0.318 e. The van der Waals surface area contributed by atoms with E-state index in [1.54, 1.807) is 11.8 Å². The summed E-state index contributed by atoms with van der Waals surface area (Å²) in [4.78, 5) is 39.9. The van der Waals surface area contributed by atoms with Crippen molar-refractivity contribution in [2.24, 2.45) is 0 Å². The molecule has 0 aromatic heterocycles. The van der Waals surface area contributed by atoms with E-state index in [0.717, 1.165) is 19.4 Å². The fraction of sp³-hybridized carbons (Fsp3) is 0.812. The molecule has 0 spiro atoms. The molecule has 3 aliphatic rings. The van der Waals surface area contributed by atoms with Crippen LogP contribution in [0.15, 0.2) is 0 Å². The molecule has 0 aliphatic carbocycles. The van der Waals surface area contributed by atoms with Gasteiger partial charge in [-0.15, -0.1) is 0 Å². The van der Waals surface area contributed by atoms with Crippen LogP contribution < -0.4 is 10.6 Å². The largest absolute Gasteiger partial charge is 0.394 e. The number of nitrogens with one attached hydrogen (secondary N) is 2. The molecule has 24 heavy (non-hydrogen) atoms. The molecule has 134 valence electrons. The molecular formula is C16H26N4O4. The van der Waals surface area contributed by atoms with Gasteiger partial charge in [0, 0.05) is 31.6 Å². The lowest BCUT2D eigenvalue weighted by atomic mass is 10.0. The molecule has 4 amide bonds. The third-order valence-corrected chi connectivity index (χ3v) is 5.35. The topological polar surface area (TPSA) is 102 Å². The minimum absolute atomic E-state index is 0.0154. The summed E-state index contributed by atoms with van der Waals surface area (Å²) < 4.78 is 0. The zero-order chi connectivity index (χ0) is 17.3. The number of aliphatic hydroxyl groups excluding tert-OH is 1. The predicted molar refractivity (Wildman–Crippen MR) is 86.1 cm³/mol. The molecule has 8 nitrogen and oxygen atoms in total. The van der Waals surface area contributed by atoms with Crippen LogP contribution in [0.3, 0.4) is 0 Å². The Morgan fingerprint density at radius 3 is 2.88 bits per heavy atom. The summed E-state index contributed by atoms with van der Waals surface area (Å²) in [7, 11) is 0. The van der Waals surface area contributed by atoms with Crippen LogP contribution in [0.4, 0.5) is 4.79 Å². The van der Waals surface area contributed by atoms with Crippen molar-refractivity contribution in [3.63, 3.8) is 0 Å². The van der Waals surface area contributed by atoms with Crippen LogP contribution in [-0.4, -0.2) is 76.6 Å². The van der Waals surface area contributed by atoms with Gasteiger partial charge in [0.25, 0.3) is 0 Å². The molecule has 8 heteroatoms. The van der Waals surface area contributed by atoms with E-state index in [2.05, 4.69) is 10.6 Å². The Kier molecular flexibility index (Phi) is 4.93. The summed E-state index contributed by atoms with van der Waals surface area (Å²) in [5.41, 5.74) is 0. The quantitative estimate of drug-likeness (QED) is 0.638. The first-order chi connectivity index (χ1) is 11.5. The zero-order valence-corrected chi connectivity index (χ0v) is 14.0. The summed E-state index contributed by atoms with van der Waals surface area (Å²) >= 11 is 0. The van der Waals surface area contributed by atoms with Crippen LogP contribution in [0.25, 0.3) is 0 Å². The van der Waals surface area contributed by atoms with Crippen LogP contribution >= 0.6 is 0 Å². The van der Waals surface area contributed by atoms with E-state index < -0.39 is 6.04 Å². The number of fused-ring (bicyclic) bond motifs is 1. The van der Waals surface area contributed by atoms with Gasteiger partial charge in [0.15, 0.2) is 0 Å². The SMILES string of the molecule is CCC(=O)N1C[C@@H](NC(=O)[C@@H]2C[C@@H]3CCCN3C(=O)N2)C[C@H]1CO. The number of aliphatic hydroxyl groups is 1. The Balaban J connectivity index is 1.57. The highest BCUT2D eigenvalue weighted by atomic mass is 16.3. The molecule has 4 atom stereocenters. The number of amides is 4. The number of carbonyl (C=O) groups is 3. The Labute approximate surface area is 141 Å². The van der Waals surface area contributed by atoms with Crippen LogP contribution in [0.2, 0.25) is 0 Å². The molecule has 0 aromatic carbocycles. The van der Waals surface area contributed by atoms with Crippen molar-refractivity contribution < 1.29 is 19.5 Å². The molecule has 3 saturated heterocycles. The second-order valence-electron chi connectivity index (χ2n) is 6.90. The summed E-state index contributed by atoms with van der Waals surface area (Å²) in [5.74, 6) is -0.208. The van der Waals surface area contributed by atoms with Crippen molar-refractivity contribution >= 4 is 17.8 Å². The van der Waals surface area contributed by atoms with E-state index >= 15 is 0 Å². The molecular weight excluding hydrogens is 312 g/mol. The number of likely N-dealkylation sites (tertiary alicyclic amines) is 1. The molecule has 0 bridgehead atoms. The van der Waals surface area contributed by atoms with Crippen molar-refractivity contribution in [3.05, 3.63) is 0 Å². The molecule has 0 aromatic rings. The molecule has 0 radical (unpaired) electrons. The summed E-state index contributed by atoms with van der Waals surface area (Å²) in [6.07, 6.45) is 3.50. The number of rotatable bonds is 4. The molecule has 3 heterocycles.